The fourth-order valence-electron chi connectivity index (χ4n) is 5.15. The van der Waals surface area contributed by atoms with Gasteiger partial charge in [0.15, 0.2) is 5.78 Å². The molecule has 1 amide bonds. The fraction of sp³-hybridized carbons (Fsp3) is 0.394. The molecule has 0 spiro atoms. The lowest BCUT2D eigenvalue weighted by atomic mass is 9.99. The molecule has 8 heteroatoms. The Morgan fingerprint density at radius 2 is 1.59 bits per heavy atom. The van der Waals surface area contributed by atoms with Crippen molar-refractivity contribution in [3.8, 4) is 16.9 Å². The predicted molar refractivity (Wildman–Crippen MR) is 158 cm³/mol. The van der Waals surface area contributed by atoms with E-state index in [1.165, 1.54) is 0 Å². The molecule has 1 heterocycles. The molecular weight excluding hydrogens is 520 g/mol. The van der Waals surface area contributed by atoms with Crippen LogP contribution in [-0.4, -0.2) is 82.0 Å². The lowest BCUT2D eigenvalue weighted by Gasteiger charge is -2.34. The van der Waals surface area contributed by atoms with Gasteiger partial charge in [0.2, 0.25) is 5.91 Å². The van der Waals surface area contributed by atoms with Crippen LogP contribution < -0.4 is 10.1 Å². The molecule has 3 aromatic rings. The molecule has 1 N–H and O–H groups in total. The highest BCUT2D eigenvalue weighted by molar-refractivity contribution is 6.03. The van der Waals surface area contributed by atoms with E-state index in [0.29, 0.717) is 56.6 Å². The molecule has 1 aliphatic carbocycles. The van der Waals surface area contributed by atoms with Crippen LogP contribution in [0.2, 0.25) is 0 Å². The van der Waals surface area contributed by atoms with Crippen molar-refractivity contribution in [2.24, 2.45) is 0 Å². The van der Waals surface area contributed by atoms with Crippen LogP contribution >= 0.6 is 0 Å². The summed E-state index contributed by atoms with van der Waals surface area (Å²) >= 11 is 0. The number of Topliss-reactive ketones (excluding diaryl/α,β-unsaturated/α-hetero) is 1. The van der Waals surface area contributed by atoms with E-state index < -0.39 is 5.54 Å². The van der Waals surface area contributed by atoms with Crippen LogP contribution in [0.1, 0.15) is 28.8 Å². The van der Waals surface area contributed by atoms with Crippen molar-refractivity contribution in [2.45, 2.75) is 24.8 Å². The zero-order valence-corrected chi connectivity index (χ0v) is 23.6. The van der Waals surface area contributed by atoms with Crippen LogP contribution in [0, 0.1) is 0 Å². The van der Waals surface area contributed by atoms with E-state index in [0.717, 1.165) is 42.6 Å². The monoisotopic (exact) mass is 558 g/mol. The van der Waals surface area contributed by atoms with Gasteiger partial charge in [0.1, 0.15) is 17.9 Å². The van der Waals surface area contributed by atoms with Crippen molar-refractivity contribution < 1.29 is 28.5 Å². The second kappa shape index (κ2) is 13.9. The van der Waals surface area contributed by atoms with Crippen LogP contribution in [0.15, 0.2) is 72.8 Å². The standard InChI is InChI=1S/C33H38N2O6/c1-38-19-20-40-21-22-41-31-12-11-28(24-29(31)34-32(37)33(13-14-33)35-15-17-39-18-16-35)30(36)23-25-7-9-27(10-8-25)26-5-3-2-4-6-26/h2-12,24H,13-23H2,1H3,(H,34,37). The van der Waals surface area contributed by atoms with E-state index in [-0.39, 0.29) is 18.1 Å². The van der Waals surface area contributed by atoms with Gasteiger partial charge in [-0.25, -0.2) is 0 Å². The van der Waals surface area contributed by atoms with Gasteiger partial charge in [-0.3, -0.25) is 14.5 Å². The maximum absolute atomic E-state index is 13.5. The first-order valence-corrected chi connectivity index (χ1v) is 14.2. The fourth-order valence-corrected chi connectivity index (χ4v) is 5.15. The maximum atomic E-state index is 13.5. The molecule has 2 aliphatic rings. The van der Waals surface area contributed by atoms with Gasteiger partial charge in [0.05, 0.1) is 38.7 Å². The topological polar surface area (TPSA) is 86.3 Å². The Labute approximate surface area is 241 Å². The molecule has 216 valence electrons. The Kier molecular flexibility index (Phi) is 9.80. The van der Waals surface area contributed by atoms with Crippen molar-refractivity contribution >= 4 is 17.4 Å². The Morgan fingerprint density at radius 3 is 2.29 bits per heavy atom. The summed E-state index contributed by atoms with van der Waals surface area (Å²) in [5.74, 6) is 0.411. The SMILES string of the molecule is COCCOCCOc1ccc(C(=O)Cc2ccc(-c3ccccc3)cc2)cc1NC(=O)C1(N2CCOCC2)CC1. The van der Waals surface area contributed by atoms with Gasteiger partial charge >= 0.3 is 0 Å². The summed E-state index contributed by atoms with van der Waals surface area (Å²) in [7, 11) is 1.63. The van der Waals surface area contributed by atoms with Crippen LogP contribution in [0.25, 0.3) is 11.1 Å². The number of anilines is 1. The van der Waals surface area contributed by atoms with E-state index in [1.54, 1.807) is 25.3 Å². The number of nitrogens with zero attached hydrogens (tertiary/aromatic N) is 1. The molecule has 2 fully saturated rings. The smallest absolute Gasteiger partial charge is 0.245 e. The molecule has 3 aromatic carbocycles. The van der Waals surface area contributed by atoms with E-state index in [1.807, 2.05) is 42.5 Å². The second-order valence-electron chi connectivity index (χ2n) is 10.4. The number of hydrogen-bond acceptors (Lipinski definition) is 7. The normalized spacial score (nSPS) is 16.2. The summed E-state index contributed by atoms with van der Waals surface area (Å²) in [6.45, 7) is 4.40. The molecule has 0 radical (unpaired) electrons. The molecule has 1 saturated carbocycles. The number of methoxy groups -OCH3 is 1. The highest BCUT2D eigenvalue weighted by Gasteiger charge is 2.54. The molecule has 1 aliphatic heterocycles. The average Bonchev–Trinajstić information content (AvgIpc) is 3.83. The number of rotatable bonds is 14. The van der Waals surface area contributed by atoms with Gasteiger partial charge in [-0.1, -0.05) is 54.6 Å². The number of ether oxygens (including phenoxy) is 4. The number of benzene rings is 3. The molecule has 1 saturated heterocycles. The molecule has 0 aromatic heterocycles. The zero-order valence-electron chi connectivity index (χ0n) is 23.6. The molecule has 5 rings (SSSR count). The van der Waals surface area contributed by atoms with E-state index in [9.17, 15) is 9.59 Å². The largest absolute Gasteiger partial charge is 0.489 e. The second-order valence-corrected chi connectivity index (χ2v) is 10.4. The Balaban J connectivity index is 1.29. The summed E-state index contributed by atoms with van der Waals surface area (Å²) in [5.41, 5.74) is 3.66. The van der Waals surface area contributed by atoms with Crippen molar-refractivity contribution in [1.29, 1.82) is 0 Å². The summed E-state index contributed by atoms with van der Waals surface area (Å²) < 4.78 is 22.0. The summed E-state index contributed by atoms with van der Waals surface area (Å²) in [6, 6.07) is 23.4. The van der Waals surface area contributed by atoms with Crippen molar-refractivity contribution in [3.63, 3.8) is 0 Å². The first-order valence-electron chi connectivity index (χ1n) is 14.2. The van der Waals surface area contributed by atoms with E-state index in [2.05, 4.69) is 22.3 Å². The third-order valence-corrected chi connectivity index (χ3v) is 7.66. The first-order chi connectivity index (χ1) is 20.1. The molecule has 8 nitrogen and oxygen atoms in total. The minimum absolute atomic E-state index is 0.0308. The van der Waals surface area contributed by atoms with Gasteiger partial charge in [-0.05, 0) is 47.7 Å². The highest BCUT2D eigenvalue weighted by Crippen LogP contribution is 2.43. The van der Waals surface area contributed by atoms with E-state index >= 15 is 0 Å². The summed E-state index contributed by atoms with van der Waals surface area (Å²) in [5, 5.41) is 3.10. The molecule has 0 atom stereocenters. The zero-order chi connectivity index (χ0) is 28.5. The van der Waals surface area contributed by atoms with Crippen molar-refractivity contribution in [3.05, 3.63) is 83.9 Å². The lowest BCUT2D eigenvalue weighted by Crippen LogP contribution is -2.51. The summed E-state index contributed by atoms with van der Waals surface area (Å²) in [6.07, 6.45) is 1.87. The van der Waals surface area contributed by atoms with Gasteiger partial charge in [0, 0.05) is 32.2 Å². The Bertz CT molecular complexity index is 1300. The molecular formula is C33H38N2O6. The van der Waals surface area contributed by atoms with Gasteiger partial charge in [-0.2, -0.15) is 0 Å². The van der Waals surface area contributed by atoms with Crippen LogP contribution in [0.5, 0.6) is 5.75 Å². The highest BCUT2D eigenvalue weighted by atomic mass is 16.5. The number of nitrogens with one attached hydrogen (secondary N) is 1. The molecule has 0 bridgehead atoms. The molecule has 41 heavy (non-hydrogen) atoms. The Morgan fingerprint density at radius 1 is 0.878 bits per heavy atom. The van der Waals surface area contributed by atoms with Crippen LogP contribution in [-0.2, 0) is 25.4 Å². The van der Waals surface area contributed by atoms with E-state index in [4.69, 9.17) is 18.9 Å². The number of amides is 1. The van der Waals surface area contributed by atoms with Crippen LogP contribution in [0.3, 0.4) is 0 Å². The maximum Gasteiger partial charge on any atom is 0.245 e. The number of carbonyl (C=O) groups excluding carboxylic acids is 2. The molecule has 0 unspecified atom stereocenters. The third kappa shape index (κ3) is 7.40. The minimum atomic E-state index is -0.523. The van der Waals surface area contributed by atoms with Crippen LogP contribution in [0.4, 0.5) is 5.69 Å². The third-order valence-electron chi connectivity index (χ3n) is 7.66. The number of morpholine rings is 1. The Hall–Kier alpha value is -3.56. The number of hydrogen-bond donors (Lipinski definition) is 1. The quantitative estimate of drug-likeness (QED) is 0.228. The van der Waals surface area contributed by atoms with Gasteiger partial charge < -0.3 is 24.3 Å². The minimum Gasteiger partial charge on any atom is -0.489 e. The average molecular weight is 559 g/mol. The predicted octanol–water partition coefficient (Wildman–Crippen LogP) is 4.62. The number of carbonyl (C=O) groups is 2. The van der Waals surface area contributed by atoms with Crippen molar-refractivity contribution in [2.75, 3.05) is 65.2 Å². The van der Waals surface area contributed by atoms with Gasteiger partial charge in [0.25, 0.3) is 0 Å². The summed E-state index contributed by atoms with van der Waals surface area (Å²) in [4.78, 5) is 29.1. The first kappa shape index (κ1) is 29.0. The van der Waals surface area contributed by atoms with Gasteiger partial charge in [-0.15, -0.1) is 0 Å². The lowest BCUT2D eigenvalue weighted by molar-refractivity contribution is -0.124. The van der Waals surface area contributed by atoms with Crippen molar-refractivity contribution in [1.82, 2.24) is 4.90 Å². The number of ketones is 1.